The molecular formula is C22H33ClO4. The molecule has 4 nitrogen and oxygen atoms in total. The van der Waals surface area contributed by atoms with Crippen LogP contribution in [0.3, 0.4) is 0 Å². The molecule has 152 valence electrons. The van der Waals surface area contributed by atoms with Gasteiger partial charge in [0.15, 0.2) is 5.78 Å². The predicted molar refractivity (Wildman–Crippen MR) is 112 cm³/mol. The summed E-state index contributed by atoms with van der Waals surface area (Å²) < 4.78 is 10.5. The summed E-state index contributed by atoms with van der Waals surface area (Å²) >= 11 is 6.00. The second kappa shape index (κ2) is 16.5. The van der Waals surface area contributed by atoms with Crippen LogP contribution in [0.4, 0.5) is 0 Å². The number of Topliss-reactive ketones (excluding diaryl/α,β-unsaturated/α-hetero) is 1. The molecule has 0 aromatic heterocycles. The van der Waals surface area contributed by atoms with Crippen LogP contribution in [-0.4, -0.2) is 31.6 Å². The van der Waals surface area contributed by atoms with Crippen molar-refractivity contribution in [3.63, 3.8) is 0 Å². The zero-order valence-electron chi connectivity index (χ0n) is 16.8. The van der Waals surface area contributed by atoms with Crippen molar-refractivity contribution < 1.29 is 19.1 Å². The highest BCUT2D eigenvalue weighted by molar-refractivity contribution is 6.29. The van der Waals surface area contributed by atoms with Gasteiger partial charge in [-0.15, -0.1) is 6.58 Å². The van der Waals surface area contributed by atoms with E-state index in [1.54, 1.807) is 6.92 Å². The summed E-state index contributed by atoms with van der Waals surface area (Å²) in [6.07, 6.45) is 12.5. The first-order chi connectivity index (χ1) is 12.9. The first-order valence-electron chi connectivity index (χ1n) is 9.42. The molecule has 0 saturated carbocycles. The van der Waals surface area contributed by atoms with Crippen molar-refractivity contribution in [1.82, 2.24) is 0 Å². The lowest BCUT2D eigenvalue weighted by Crippen LogP contribution is -2.13. The van der Waals surface area contributed by atoms with E-state index in [-0.39, 0.29) is 18.8 Å². The number of rotatable bonds is 15. The Kier molecular flexibility index (Phi) is 15.5. The average Bonchev–Trinajstić information content (AvgIpc) is 2.64. The highest BCUT2D eigenvalue weighted by Crippen LogP contribution is 2.10. The Balaban J connectivity index is 3.87. The fourth-order valence-electron chi connectivity index (χ4n) is 2.02. The fraction of sp³-hybridized carbons (Fsp3) is 0.545. The molecule has 0 spiro atoms. The molecule has 0 heterocycles. The highest BCUT2D eigenvalue weighted by atomic mass is 35.5. The van der Waals surface area contributed by atoms with Gasteiger partial charge < -0.3 is 9.47 Å². The lowest BCUT2D eigenvalue weighted by Gasteiger charge is -2.06. The minimum Gasteiger partial charge on any atom is -0.465 e. The molecule has 0 aromatic carbocycles. The SMILES string of the molecule is C=CC(C)CC/C=C(\C)C(=O)CC(=O)OCCCOC/C(Cl)=C/C/C=C\C. The van der Waals surface area contributed by atoms with Gasteiger partial charge in [-0.25, -0.2) is 0 Å². The fourth-order valence-corrected chi connectivity index (χ4v) is 2.19. The molecule has 0 aliphatic rings. The smallest absolute Gasteiger partial charge is 0.313 e. The van der Waals surface area contributed by atoms with Gasteiger partial charge in [-0.05, 0) is 44.6 Å². The van der Waals surface area contributed by atoms with Crippen LogP contribution in [0.2, 0.25) is 0 Å². The van der Waals surface area contributed by atoms with Gasteiger partial charge in [0, 0.05) is 11.5 Å². The first kappa shape index (κ1) is 25.4. The van der Waals surface area contributed by atoms with E-state index in [9.17, 15) is 9.59 Å². The number of ether oxygens (including phenoxy) is 2. The second-order valence-corrected chi connectivity index (χ2v) is 6.85. The molecular weight excluding hydrogens is 364 g/mol. The number of ketones is 1. The van der Waals surface area contributed by atoms with Crippen molar-refractivity contribution in [1.29, 1.82) is 0 Å². The van der Waals surface area contributed by atoms with Crippen LogP contribution in [0.25, 0.3) is 0 Å². The second-order valence-electron chi connectivity index (χ2n) is 6.36. The standard InChI is InChI=1S/C22H33ClO4/c1-5-7-8-13-20(23)17-26-14-10-15-27-22(25)16-21(24)19(4)12-9-11-18(3)6-2/h5-7,12-13,18H,2,8-11,14-17H2,1,3-4H3/b7-5-,19-12+,20-13-. The highest BCUT2D eigenvalue weighted by Gasteiger charge is 2.12. The van der Waals surface area contributed by atoms with Gasteiger partial charge in [0.25, 0.3) is 0 Å². The summed E-state index contributed by atoms with van der Waals surface area (Å²) in [5, 5.41) is 0.653. The molecule has 0 N–H and O–H groups in total. The van der Waals surface area contributed by atoms with E-state index >= 15 is 0 Å². The summed E-state index contributed by atoms with van der Waals surface area (Å²) in [6.45, 7) is 10.5. The van der Waals surface area contributed by atoms with Gasteiger partial charge in [0.05, 0.1) is 19.8 Å². The van der Waals surface area contributed by atoms with Crippen molar-refractivity contribution in [2.24, 2.45) is 5.92 Å². The topological polar surface area (TPSA) is 52.6 Å². The Hall–Kier alpha value is -1.65. The maximum atomic E-state index is 12.0. The Morgan fingerprint density at radius 3 is 2.63 bits per heavy atom. The Labute approximate surface area is 168 Å². The quantitative estimate of drug-likeness (QED) is 0.120. The van der Waals surface area contributed by atoms with E-state index in [1.807, 2.05) is 37.3 Å². The number of allylic oxidation sites excluding steroid dienone is 6. The molecule has 1 atom stereocenters. The minimum absolute atomic E-state index is 0.194. The van der Waals surface area contributed by atoms with Gasteiger partial charge >= 0.3 is 5.97 Å². The molecule has 0 amide bonds. The zero-order chi connectivity index (χ0) is 20.5. The minimum atomic E-state index is -0.503. The Bertz CT molecular complexity index is 547. The lowest BCUT2D eigenvalue weighted by atomic mass is 10.0. The maximum absolute atomic E-state index is 12.0. The molecule has 1 unspecified atom stereocenters. The van der Waals surface area contributed by atoms with E-state index in [0.29, 0.717) is 36.2 Å². The van der Waals surface area contributed by atoms with Gasteiger partial charge in [0.2, 0.25) is 0 Å². The summed E-state index contributed by atoms with van der Waals surface area (Å²) in [5.41, 5.74) is 0.603. The van der Waals surface area contributed by atoms with Crippen molar-refractivity contribution in [3.8, 4) is 0 Å². The molecule has 0 aliphatic heterocycles. The lowest BCUT2D eigenvalue weighted by molar-refractivity contribution is -0.145. The van der Waals surface area contributed by atoms with E-state index in [1.165, 1.54) is 0 Å². The summed E-state index contributed by atoms with van der Waals surface area (Å²) in [5.74, 6) is -0.285. The molecule has 0 rings (SSSR count). The van der Waals surface area contributed by atoms with Crippen LogP contribution in [0.1, 0.15) is 52.9 Å². The van der Waals surface area contributed by atoms with Crippen LogP contribution >= 0.6 is 11.6 Å². The van der Waals surface area contributed by atoms with Crippen molar-refractivity contribution in [2.45, 2.75) is 52.9 Å². The molecule has 0 saturated heterocycles. The molecule has 5 heteroatoms. The normalized spacial score (nSPS) is 13.6. The van der Waals surface area contributed by atoms with Gasteiger partial charge in [-0.1, -0.05) is 48.9 Å². The number of carbonyl (C=O) groups is 2. The summed E-state index contributed by atoms with van der Waals surface area (Å²) in [6, 6.07) is 0. The van der Waals surface area contributed by atoms with Crippen LogP contribution < -0.4 is 0 Å². The third kappa shape index (κ3) is 15.1. The average molecular weight is 397 g/mol. The Morgan fingerprint density at radius 1 is 1.22 bits per heavy atom. The number of esters is 1. The molecule has 27 heavy (non-hydrogen) atoms. The van der Waals surface area contributed by atoms with Gasteiger partial charge in [-0.2, -0.15) is 0 Å². The predicted octanol–water partition coefficient (Wildman–Crippen LogP) is 5.53. The van der Waals surface area contributed by atoms with E-state index in [0.717, 1.165) is 19.3 Å². The summed E-state index contributed by atoms with van der Waals surface area (Å²) in [7, 11) is 0. The molecule has 0 aromatic rings. The number of hydrogen-bond acceptors (Lipinski definition) is 4. The largest absolute Gasteiger partial charge is 0.465 e. The third-order valence-electron chi connectivity index (χ3n) is 3.87. The van der Waals surface area contributed by atoms with Crippen molar-refractivity contribution in [3.05, 3.63) is 47.6 Å². The molecule has 0 bridgehead atoms. The van der Waals surface area contributed by atoms with Gasteiger partial charge in [0.1, 0.15) is 6.42 Å². The third-order valence-corrected chi connectivity index (χ3v) is 4.13. The number of halogens is 1. The monoisotopic (exact) mass is 396 g/mol. The van der Waals surface area contributed by atoms with Crippen LogP contribution in [0, 0.1) is 5.92 Å². The number of carbonyl (C=O) groups excluding carboxylic acids is 2. The van der Waals surface area contributed by atoms with Gasteiger partial charge in [-0.3, -0.25) is 9.59 Å². The van der Waals surface area contributed by atoms with Crippen molar-refractivity contribution >= 4 is 23.4 Å². The van der Waals surface area contributed by atoms with E-state index in [4.69, 9.17) is 21.1 Å². The van der Waals surface area contributed by atoms with Crippen LogP contribution in [0.15, 0.2) is 47.6 Å². The Morgan fingerprint density at radius 2 is 1.96 bits per heavy atom. The summed E-state index contributed by atoms with van der Waals surface area (Å²) in [4.78, 5) is 23.7. The molecule has 0 radical (unpaired) electrons. The molecule has 0 fully saturated rings. The van der Waals surface area contributed by atoms with Crippen LogP contribution in [0.5, 0.6) is 0 Å². The van der Waals surface area contributed by atoms with Crippen LogP contribution in [-0.2, 0) is 19.1 Å². The van der Waals surface area contributed by atoms with E-state index in [2.05, 4.69) is 13.5 Å². The van der Waals surface area contributed by atoms with E-state index < -0.39 is 5.97 Å². The zero-order valence-corrected chi connectivity index (χ0v) is 17.6. The first-order valence-corrected chi connectivity index (χ1v) is 9.80. The number of hydrogen-bond donors (Lipinski definition) is 0. The molecule has 0 aliphatic carbocycles. The maximum Gasteiger partial charge on any atom is 0.313 e. The van der Waals surface area contributed by atoms with Crippen molar-refractivity contribution in [2.75, 3.05) is 19.8 Å².